The van der Waals surface area contributed by atoms with Gasteiger partial charge in [-0.3, -0.25) is 14.5 Å². The number of carbonyl (C=O) groups is 3. The molecular weight excluding hydrogens is 1000 g/mol. The summed E-state index contributed by atoms with van der Waals surface area (Å²) in [7, 11) is 0. The van der Waals surface area contributed by atoms with Gasteiger partial charge in [0.25, 0.3) is 0 Å². The van der Waals surface area contributed by atoms with Gasteiger partial charge in [-0.25, -0.2) is 29.3 Å². The molecule has 3 aromatic carbocycles. The van der Waals surface area contributed by atoms with Gasteiger partial charge < -0.3 is 19.7 Å². The van der Waals surface area contributed by atoms with Gasteiger partial charge in [0.2, 0.25) is 0 Å². The summed E-state index contributed by atoms with van der Waals surface area (Å²) in [6, 6.07) is 32.1. The zero-order valence-electron chi connectivity index (χ0n) is 35.7. The molecule has 0 saturated carbocycles. The van der Waals surface area contributed by atoms with Crippen LogP contribution in [0.25, 0.3) is 32.7 Å². The van der Waals surface area contributed by atoms with E-state index in [4.69, 9.17) is 84.2 Å². The van der Waals surface area contributed by atoms with Gasteiger partial charge >= 0.3 is 17.9 Å². The van der Waals surface area contributed by atoms with Gasteiger partial charge in [0.05, 0.1) is 49.5 Å². The van der Waals surface area contributed by atoms with Crippen molar-refractivity contribution in [2.45, 2.75) is 33.5 Å². The molecule has 0 amide bonds. The molecule has 0 spiro atoms. The minimum absolute atomic E-state index is 0.0173. The molecule has 0 bridgehead atoms. The average molecular weight is 1040 g/mol. The minimum atomic E-state index is -1.06. The monoisotopic (exact) mass is 1040 g/mol. The Morgan fingerprint density at radius 1 is 0.544 bits per heavy atom. The number of esters is 2. The first-order valence-electron chi connectivity index (χ1n) is 20.2. The second kappa shape index (κ2) is 24.1. The molecule has 0 aliphatic rings. The molecule has 350 valence electrons. The third-order valence-corrected chi connectivity index (χ3v) is 11.0. The molecule has 22 heteroatoms. The summed E-state index contributed by atoms with van der Waals surface area (Å²) in [5, 5.41) is 37.0. The van der Waals surface area contributed by atoms with Crippen LogP contribution in [0, 0.1) is 0 Å². The van der Waals surface area contributed by atoms with Crippen LogP contribution >= 0.6 is 69.6 Å². The maximum Gasteiger partial charge on any atom is 0.359 e. The lowest BCUT2D eigenvalue weighted by Crippen LogP contribution is -2.08. The van der Waals surface area contributed by atoms with E-state index in [0.717, 1.165) is 32.9 Å². The van der Waals surface area contributed by atoms with E-state index in [1.165, 1.54) is 0 Å². The number of hydrogen-bond acceptors (Lipinski definition) is 12. The van der Waals surface area contributed by atoms with Gasteiger partial charge in [0.15, 0.2) is 17.1 Å². The molecule has 6 heterocycles. The highest BCUT2D eigenvalue weighted by Crippen LogP contribution is 2.25. The lowest BCUT2D eigenvalue weighted by Gasteiger charge is -2.05. The highest BCUT2D eigenvalue weighted by Gasteiger charge is 2.20. The van der Waals surface area contributed by atoms with Crippen LogP contribution in [0.15, 0.2) is 109 Å². The van der Waals surface area contributed by atoms with Gasteiger partial charge in [-0.2, -0.15) is 15.3 Å². The van der Waals surface area contributed by atoms with Gasteiger partial charge in [-0.1, -0.05) is 142 Å². The summed E-state index contributed by atoms with van der Waals surface area (Å²) in [5.74, 6) is -1.89. The first kappa shape index (κ1) is 51.0. The summed E-state index contributed by atoms with van der Waals surface area (Å²) in [4.78, 5) is 46.5. The molecule has 3 N–H and O–H groups in total. The SMILES string of the molecule is CCOC(=O)c1n[nH]c2ccccc12.CCOC(=O)c1nn(Cc2ccc(Cl)nc2Cl)c2ccccc12.O=C(O)c1nn(Cc2ccc(Cl)nc2Cl)c2ccccc12.OCc1ccc(Cl)nc1Cl. The highest BCUT2D eigenvalue weighted by molar-refractivity contribution is 6.34. The van der Waals surface area contributed by atoms with Crippen LogP contribution in [0.5, 0.6) is 0 Å². The summed E-state index contributed by atoms with van der Waals surface area (Å²) >= 11 is 34.8. The predicted molar refractivity (Wildman–Crippen MR) is 261 cm³/mol. The number of carboxylic acids is 1. The van der Waals surface area contributed by atoms with E-state index in [9.17, 15) is 19.5 Å². The number of aromatic amines is 1. The van der Waals surface area contributed by atoms with E-state index in [2.05, 4.69) is 35.3 Å². The summed E-state index contributed by atoms with van der Waals surface area (Å²) < 4.78 is 13.2. The Hall–Kier alpha value is -6.37. The van der Waals surface area contributed by atoms with Crippen molar-refractivity contribution in [2.75, 3.05) is 13.2 Å². The maximum atomic E-state index is 12.1. The van der Waals surface area contributed by atoms with E-state index < -0.39 is 11.9 Å². The Labute approximate surface area is 417 Å². The molecule has 6 aromatic heterocycles. The first-order valence-corrected chi connectivity index (χ1v) is 22.4. The second-order valence-electron chi connectivity index (χ2n) is 13.8. The fraction of sp³-hybridized carbons (Fsp3) is 0.152. The summed E-state index contributed by atoms with van der Waals surface area (Å²) in [5.41, 5.74) is 5.11. The number of ether oxygens (including phenoxy) is 2. The predicted octanol–water partition coefficient (Wildman–Crippen LogP) is 11.1. The van der Waals surface area contributed by atoms with Crippen molar-refractivity contribution in [3.8, 4) is 0 Å². The van der Waals surface area contributed by atoms with Crippen molar-refractivity contribution in [3.05, 3.63) is 174 Å². The van der Waals surface area contributed by atoms with E-state index in [0.29, 0.717) is 74.8 Å². The Balaban J connectivity index is 0.000000156. The number of aliphatic hydroxyl groups excluding tert-OH is 1. The van der Waals surface area contributed by atoms with Gasteiger partial charge in [-0.05, 0) is 50.2 Å². The van der Waals surface area contributed by atoms with Crippen LogP contribution in [0.3, 0.4) is 0 Å². The number of carbonyl (C=O) groups excluding carboxylic acids is 2. The number of aliphatic hydroxyl groups is 1. The largest absolute Gasteiger partial charge is 0.476 e. The van der Waals surface area contributed by atoms with Crippen molar-refractivity contribution in [3.63, 3.8) is 0 Å². The Morgan fingerprint density at radius 2 is 0.956 bits per heavy atom. The number of pyridine rings is 3. The number of fused-ring (bicyclic) bond motifs is 3. The number of aromatic carboxylic acids is 1. The summed E-state index contributed by atoms with van der Waals surface area (Å²) in [6.07, 6.45) is 0. The van der Waals surface area contributed by atoms with Gasteiger partial charge in [0, 0.05) is 32.8 Å². The molecule has 16 nitrogen and oxygen atoms in total. The number of rotatable bonds is 10. The number of carboxylic acid groups (broad SMARTS) is 1. The molecule has 68 heavy (non-hydrogen) atoms. The number of halogens is 6. The lowest BCUT2D eigenvalue weighted by atomic mass is 10.2. The minimum Gasteiger partial charge on any atom is -0.476 e. The molecule has 0 radical (unpaired) electrons. The third-order valence-electron chi connectivity index (χ3n) is 9.41. The van der Waals surface area contributed by atoms with Crippen LogP contribution in [0.2, 0.25) is 30.9 Å². The first-order chi connectivity index (χ1) is 32.7. The molecule has 9 aromatic rings. The van der Waals surface area contributed by atoms with Crippen molar-refractivity contribution < 1.29 is 34.1 Å². The van der Waals surface area contributed by atoms with Gasteiger partial charge in [-0.15, -0.1) is 0 Å². The topological polar surface area (TPSA) is 213 Å². The average Bonchev–Trinajstić information content (AvgIpc) is 4.03. The van der Waals surface area contributed by atoms with Crippen LogP contribution in [0.1, 0.15) is 62.0 Å². The number of nitrogens with zero attached hydrogens (tertiary/aromatic N) is 8. The smallest absolute Gasteiger partial charge is 0.359 e. The number of nitrogens with one attached hydrogen (secondary N) is 1. The van der Waals surface area contributed by atoms with E-state index >= 15 is 0 Å². The van der Waals surface area contributed by atoms with Crippen molar-refractivity contribution in [1.82, 2.24) is 44.7 Å². The quantitative estimate of drug-likeness (QED) is 0.0860. The van der Waals surface area contributed by atoms with E-state index in [1.807, 2.05) is 60.7 Å². The van der Waals surface area contributed by atoms with Crippen LogP contribution < -0.4 is 0 Å². The molecule has 0 fully saturated rings. The second-order valence-corrected chi connectivity index (χ2v) is 16.1. The zero-order chi connectivity index (χ0) is 48.9. The molecule has 9 rings (SSSR count). The zero-order valence-corrected chi connectivity index (χ0v) is 40.2. The normalized spacial score (nSPS) is 10.7. The Bertz CT molecular complexity index is 3230. The van der Waals surface area contributed by atoms with Crippen LogP contribution in [-0.4, -0.2) is 86.0 Å². The highest BCUT2D eigenvalue weighted by atomic mass is 35.5. The van der Waals surface area contributed by atoms with E-state index in [1.54, 1.807) is 71.7 Å². The number of hydrogen-bond donors (Lipinski definition) is 3. The standard InChI is InChI=1S/C16H13Cl2N3O2.C14H9Cl2N3O2.C10H10N2O2.C6H5Cl2NO/c1-2-23-16(22)14-11-5-3-4-6-12(11)21(20-14)9-10-7-8-13(17)19-15(10)18;15-11-6-5-8(13(16)17-11)7-19-10-4-2-1-3-9(10)12(18-19)14(20)21;1-2-14-10(13)9-7-5-3-4-6-8(7)11-12-9;7-5-2-1-4(3-10)6(8)9-5/h3-8H,2,9H2,1H3;1-6H,7H2,(H,20,21);3-6H,2H2,1H3,(H,11,12);1-2,10H,3H2. The number of benzene rings is 3. The third kappa shape index (κ3) is 12.8. The Morgan fingerprint density at radius 3 is 1.41 bits per heavy atom. The number of aromatic nitrogens is 9. The maximum absolute atomic E-state index is 12.1. The lowest BCUT2D eigenvalue weighted by molar-refractivity contribution is 0.0511. The number of H-pyrrole nitrogens is 1. The fourth-order valence-electron chi connectivity index (χ4n) is 6.32. The van der Waals surface area contributed by atoms with Crippen molar-refractivity contribution in [1.29, 1.82) is 0 Å². The summed E-state index contributed by atoms with van der Waals surface area (Å²) in [6.45, 7) is 4.78. The molecule has 0 saturated heterocycles. The van der Waals surface area contributed by atoms with Crippen molar-refractivity contribution >= 4 is 120 Å². The van der Waals surface area contributed by atoms with Crippen LogP contribution in [0.4, 0.5) is 0 Å². The van der Waals surface area contributed by atoms with Crippen molar-refractivity contribution in [2.24, 2.45) is 0 Å². The molecule has 0 aliphatic carbocycles. The Kier molecular flexibility index (Phi) is 18.1. The van der Waals surface area contributed by atoms with Gasteiger partial charge in [0.1, 0.15) is 30.9 Å². The van der Waals surface area contributed by atoms with E-state index in [-0.39, 0.29) is 28.6 Å². The fourth-order valence-corrected chi connectivity index (χ4v) is 7.54. The molecule has 0 atom stereocenters. The molecular formula is C46H37Cl6N9O7. The molecule has 0 aliphatic heterocycles. The molecule has 0 unspecified atom stereocenters. The van der Waals surface area contributed by atoms with Crippen LogP contribution in [-0.2, 0) is 29.2 Å². The number of para-hydroxylation sites is 3.